The number of ether oxygens (including phenoxy) is 1. The number of halogens is 1. The zero-order valence-corrected chi connectivity index (χ0v) is 15.2. The maximum Gasteiger partial charge on any atom is 0.167 e. The molecule has 0 radical (unpaired) electrons. The van der Waals surface area contributed by atoms with Gasteiger partial charge < -0.3 is 15.0 Å². The van der Waals surface area contributed by atoms with E-state index in [1.54, 1.807) is 13.1 Å². The van der Waals surface area contributed by atoms with Crippen LogP contribution < -0.4 is 15.0 Å². The van der Waals surface area contributed by atoms with Crippen molar-refractivity contribution in [3.63, 3.8) is 0 Å². The van der Waals surface area contributed by atoms with Gasteiger partial charge in [0.1, 0.15) is 23.7 Å². The molecule has 1 aliphatic heterocycles. The summed E-state index contributed by atoms with van der Waals surface area (Å²) in [6.07, 6.45) is 1.71. The monoisotopic (exact) mass is 389 g/mol. The van der Waals surface area contributed by atoms with E-state index in [2.05, 4.69) is 31.1 Å². The Bertz CT molecular complexity index is 716. The Hall–Kier alpha value is -1.92. The minimum Gasteiger partial charge on any atom is -0.487 e. The standard InChI is InChI=1S/C18H20BrN3O2/c1-13(23)16-17(24-12-14-5-3-2-4-6-14)15(19)11-21-18(16)22-9-7-20-8-10-22/h2-6,11,20H,7-10,12H2,1H3. The molecule has 1 aliphatic rings. The molecule has 2 heterocycles. The summed E-state index contributed by atoms with van der Waals surface area (Å²) in [5.74, 6) is 1.23. The molecule has 0 saturated carbocycles. The number of piperazine rings is 1. The number of aromatic nitrogens is 1. The van der Waals surface area contributed by atoms with Gasteiger partial charge in [-0.3, -0.25) is 4.79 Å². The highest BCUT2D eigenvalue weighted by Gasteiger charge is 2.24. The lowest BCUT2D eigenvalue weighted by Gasteiger charge is -2.30. The number of rotatable bonds is 5. The number of Topliss-reactive ketones (excluding diaryl/α,β-unsaturated/α-hetero) is 1. The van der Waals surface area contributed by atoms with Gasteiger partial charge in [-0.15, -0.1) is 0 Å². The number of hydrogen-bond acceptors (Lipinski definition) is 5. The fourth-order valence-electron chi connectivity index (χ4n) is 2.77. The number of benzene rings is 1. The summed E-state index contributed by atoms with van der Waals surface area (Å²) in [6.45, 7) is 5.39. The first-order valence-corrected chi connectivity index (χ1v) is 8.78. The molecule has 1 saturated heterocycles. The molecule has 0 aliphatic carbocycles. The first-order valence-electron chi connectivity index (χ1n) is 7.98. The van der Waals surface area contributed by atoms with E-state index in [0.717, 1.165) is 31.7 Å². The molecule has 1 fully saturated rings. The predicted octanol–water partition coefficient (Wildman–Crippen LogP) is 3.04. The van der Waals surface area contributed by atoms with Crippen LogP contribution in [-0.4, -0.2) is 36.9 Å². The summed E-state index contributed by atoms with van der Waals surface area (Å²) in [6, 6.07) is 9.91. The minimum atomic E-state index is -0.0413. The zero-order chi connectivity index (χ0) is 16.9. The molecule has 3 rings (SSSR count). The van der Waals surface area contributed by atoms with Crippen LogP contribution >= 0.6 is 15.9 Å². The molecule has 0 atom stereocenters. The van der Waals surface area contributed by atoms with Crippen LogP contribution in [0.5, 0.6) is 5.75 Å². The lowest BCUT2D eigenvalue weighted by Crippen LogP contribution is -2.44. The lowest BCUT2D eigenvalue weighted by atomic mass is 10.1. The maximum atomic E-state index is 12.3. The van der Waals surface area contributed by atoms with Gasteiger partial charge in [-0.1, -0.05) is 30.3 Å². The van der Waals surface area contributed by atoms with Crippen molar-refractivity contribution in [3.8, 4) is 5.75 Å². The number of nitrogens with zero attached hydrogens (tertiary/aromatic N) is 2. The first-order chi connectivity index (χ1) is 11.7. The second kappa shape index (κ2) is 7.77. The zero-order valence-electron chi connectivity index (χ0n) is 13.6. The van der Waals surface area contributed by atoms with Gasteiger partial charge in [-0.05, 0) is 28.4 Å². The average Bonchev–Trinajstić information content (AvgIpc) is 2.62. The highest BCUT2D eigenvalue weighted by Crippen LogP contribution is 2.35. The largest absolute Gasteiger partial charge is 0.487 e. The normalized spacial score (nSPS) is 14.5. The number of anilines is 1. The quantitative estimate of drug-likeness (QED) is 0.796. The summed E-state index contributed by atoms with van der Waals surface area (Å²) in [5, 5.41) is 3.31. The molecule has 1 aromatic heterocycles. The van der Waals surface area contributed by atoms with Gasteiger partial charge in [-0.25, -0.2) is 4.98 Å². The SMILES string of the molecule is CC(=O)c1c(N2CCNCC2)ncc(Br)c1OCc1ccccc1. The highest BCUT2D eigenvalue weighted by atomic mass is 79.9. The number of carbonyl (C=O) groups is 1. The lowest BCUT2D eigenvalue weighted by molar-refractivity contribution is 0.101. The van der Waals surface area contributed by atoms with Crippen LogP contribution in [0.4, 0.5) is 5.82 Å². The van der Waals surface area contributed by atoms with Crippen LogP contribution in [0.15, 0.2) is 41.0 Å². The van der Waals surface area contributed by atoms with Gasteiger partial charge >= 0.3 is 0 Å². The number of nitrogens with one attached hydrogen (secondary N) is 1. The molecular weight excluding hydrogens is 370 g/mol. The van der Waals surface area contributed by atoms with E-state index in [1.807, 2.05) is 30.3 Å². The Labute approximate surface area is 150 Å². The van der Waals surface area contributed by atoms with Crippen molar-refractivity contribution in [1.29, 1.82) is 0 Å². The summed E-state index contributed by atoms with van der Waals surface area (Å²) in [5.41, 5.74) is 1.60. The van der Waals surface area contributed by atoms with Gasteiger partial charge in [0.25, 0.3) is 0 Å². The van der Waals surface area contributed by atoms with Crippen molar-refractivity contribution >= 4 is 27.5 Å². The Kier molecular flexibility index (Phi) is 5.48. The van der Waals surface area contributed by atoms with Crippen LogP contribution in [0.2, 0.25) is 0 Å². The Morgan fingerprint density at radius 1 is 1.29 bits per heavy atom. The fraction of sp³-hybridized carbons (Fsp3) is 0.333. The van der Waals surface area contributed by atoms with E-state index in [4.69, 9.17) is 4.74 Å². The van der Waals surface area contributed by atoms with E-state index in [0.29, 0.717) is 28.2 Å². The van der Waals surface area contributed by atoms with Gasteiger partial charge in [0.15, 0.2) is 5.78 Å². The average molecular weight is 390 g/mol. The summed E-state index contributed by atoms with van der Waals surface area (Å²) in [4.78, 5) is 18.9. The van der Waals surface area contributed by atoms with Crippen molar-refractivity contribution in [3.05, 3.63) is 52.1 Å². The Morgan fingerprint density at radius 3 is 2.67 bits per heavy atom. The third-order valence-corrected chi connectivity index (χ3v) is 4.53. The number of hydrogen-bond donors (Lipinski definition) is 1. The Balaban J connectivity index is 1.92. The van der Waals surface area contributed by atoms with Crippen LogP contribution in [0.25, 0.3) is 0 Å². The molecule has 24 heavy (non-hydrogen) atoms. The summed E-state index contributed by atoms with van der Waals surface area (Å²) < 4.78 is 6.69. The molecule has 2 aromatic rings. The minimum absolute atomic E-state index is 0.0413. The van der Waals surface area contributed by atoms with E-state index < -0.39 is 0 Å². The van der Waals surface area contributed by atoms with Crippen molar-refractivity contribution in [2.45, 2.75) is 13.5 Å². The molecule has 1 N–H and O–H groups in total. The molecule has 0 bridgehead atoms. The maximum absolute atomic E-state index is 12.3. The third-order valence-electron chi connectivity index (χ3n) is 3.96. The highest BCUT2D eigenvalue weighted by molar-refractivity contribution is 9.10. The molecule has 126 valence electrons. The van der Waals surface area contributed by atoms with E-state index >= 15 is 0 Å². The molecular formula is C18H20BrN3O2. The van der Waals surface area contributed by atoms with Crippen molar-refractivity contribution < 1.29 is 9.53 Å². The third kappa shape index (κ3) is 3.76. The van der Waals surface area contributed by atoms with Gasteiger partial charge in [0.2, 0.25) is 0 Å². The second-order valence-corrected chi connectivity index (χ2v) is 6.56. The predicted molar refractivity (Wildman–Crippen MR) is 97.8 cm³/mol. The van der Waals surface area contributed by atoms with E-state index in [9.17, 15) is 4.79 Å². The van der Waals surface area contributed by atoms with E-state index in [-0.39, 0.29) is 5.78 Å². The van der Waals surface area contributed by atoms with Crippen molar-refractivity contribution in [1.82, 2.24) is 10.3 Å². The van der Waals surface area contributed by atoms with Crippen LogP contribution in [-0.2, 0) is 6.61 Å². The van der Waals surface area contributed by atoms with Crippen LogP contribution in [0.3, 0.4) is 0 Å². The molecule has 0 spiro atoms. The fourth-order valence-corrected chi connectivity index (χ4v) is 3.18. The summed E-state index contributed by atoms with van der Waals surface area (Å²) >= 11 is 3.48. The molecule has 0 unspecified atom stereocenters. The topological polar surface area (TPSA) is 54.5 Å². The molecule has 0 amide bonds. The van der Waals surface area contributed by atoms with Crippen molar-refractivity contribution in [2.24, 2.45) is 0 Å². The van der Waals surface area contributed by atoms with Gasteiger partial charge in [-0.2, -0.15) is 0 Å². The number of carbonyl (C=O) groups excluding carboxylic acids is 1. The molecule has 5 nitrogen and oxygen atoms in total. The molecule has 1 aromatic carbocycles. The second-order valence-electron chi connectivity index (χ2n) is 5.70. The van der Waals surface area contributed by atoms with Crippen LogP contribution in [0.1, 0.15) is 22.8 Å². The Morgan fingerprint density at radius 2 is 2.00 bits per heavy atom. The van der Waals surface area contributed by atoms with Gasteiger partial charge in [0.05, 0.1) is 4.47 Å². The van der Waals surface area contributed by atoms with E-state index in [1.165, 1.54) is 0 Å². The summed E-state index contributed by atoms with van der Waals surface area (Å²) in [7, 11) is 0. The molecule has 6 heteroatoms. The number of ketones is 1. The number of pyridine rings is 1. The first kappa shape index (κ1) is 16.9. The smallest absolute Gasteiger partial charge is 0.167 e. The van der Waals surface area contributed by atoms with Gasteiger partial charge in [0, 0.05) is 32.4 Å². The van der Waals surface area contributed by atoms with Crippen LogP contribution in [0, 0.1) is 0 Å². The van der Waals surface area contributed by atoms with Crippen molar-refractivity contribution in [2.75, 3.05) is 31.1 Å².